The molecule has 130 valence electrons. The molecule has 7 nitrogen and oxygen atoms in total. The van der Waals surface area contributed by atoms with E-state index in [-0.39, 0.29) is 0 Å². The first kappa shape index (κ1) is 17.3. The van der Waals surface area contributed by atoms with E-state index in [1.807, 2.05) is 44.2 Å². The second-order valence-electron chi connectivity index (χ2n) is 5.49. The van der Waals surface area contributed by atoms with Gasteiger partial charge in [-0.25, -0.2) is 20.8 Å². The topological polar surface area (TPSA) is 106 Å². The summed E-state index contributed by atoms with van der Waals surface area (Å²) in [6.45, 7) is 5.13. The number of anilines is 3. The van der Waals surface area contributed by atoms with Gasteiger partial charge >= 0.3 is 0 Å². The monoisotopic (exact) mass is 355 g/mol. The van der Waals surface area contributed by atoms with Gasteiger partial charge in [-0.05, 0) is 37.6 Å². The number of rotatable bonds is 6. The Labute approximate surface area is 150 Å². The normalized spacial score (nSPS) is 10.7. The van der Waals surface area contributed by atoms with E-state index in [2.05, 4.69) is 20.3 Å². The van der Waals surface area contributed by atoms with Crippen molar-refractivity contribution in [2.24, 2.45) is 11.6 Å². The maximum absolute atomic E-state index is 5.94. The fourth-order valence-electron chi connectivity index (χ4n) is 2.33. The summed E-state index contributed by atoms with van der Waals surface area (Å²) in [7, 11) is 0. The lowest BCUT2D eigenvalue weighted by atomic mass is 10.2. The second-order valence-corrected chi connectivity index (χ2v) is 6.47. The molecule has 0 amide bonds. The number of hydrazine groups is 1. The van der Waals surface area contributed by atoms with Crippen LogP contribution in [0.1, 0.15) is 18.2 Å². The molecular formula is C17H21N7S. The van der Waals surface area contributed by atoms with Gasteiger partial charge in [0.15, 0.2) is 5.13 Å². The summed E-state index contributed by atoms with van der Waals surface area (Å²) >= 11 is 1.52. The standard InChI is InChI=1S/C17H21N7S/c1-3-24(19)17-21-11(2)15(25-17)14-7-8-20-16(23-14)22-13-6-4-5-12(9-13)10-18/h4-9H,3,10,18-19H2,1-2H3,(H,20,22,23). The molecule has 3 rings (SSSR count). The van der Waals surface area contributed by atoms with E-state index in [0.717, 1.165) is 32.6 Å². The number of nitrogens with two attached hydrogens (primary N) is 2. The molecular weight excluding hydrogens is 334 g/mol. The van der Waals surface area contributed by atoms with Crippen LogP contribution in [0.15, 0.2) is 36.5 Å². The smallest absolute Gasteiger partial charge is 0.227 e. The van der Waals surface area contributed by atoms with Crippen molar-refractivity contribution < 1.29 is 0 Å². The second kappa shape index (κ2) is 7.56. The van der Waals surface area contributed by atoms with Crippen molar-refractivity contribution in [3.63, 3.8) is 0 Å². The summed E-state index contributed by atoms with van der Waals surface area (Å²) in [5, 5.41) is 5.62. The Balaban J connectivity index is 1.87. The molecule has 0 radical (unpaired) electrons. The highest BCUT2D eigenvalue weighted by molar-refractivity contribution is 7.19. The molecule has 0 unspecified atom stereocenters. The molecule has 8 heteroatoms. The van der Waals surface area contributed by atoms with Crippen molar-refractivity contribution >= 4 is 28.1 Å². The lowest BCUT2D eigenvalue weighted by molar-refractivity contribution is 0.881. The number of hydrogen-bond donors (Lipinski definition) is 3. The molecule has 0 spiro atoms. The fourth-order valence-corrected chi connectivity index (χ4v) is 3.35. The van der Waals surface area contributed by atoms with Gasteiger partial charge in [-0.3, -0.25) is 5.01 Å². The zero-order chi connectivity index (χ0) is 17.8. The van der Waals surface area contributed by atoms with Crippen LogP contribution >= 0.6 is 11.3 Å². The van der Waals surface area contributed by atoms with Gasteiger partial charge in [-0.15, -0.1) is 0 Å². The molecule has 5 N–H and O–H groups in total. The van der Waals surface area contributed by atoms with Gasteiger partial charge < -0.3 is 11.1 Å². The summed E-state index contributed by atoms with van der Waals surface area (Å²) < 4.78 is 0. The Bertz CT molecular complexity index is 862. The zero-order valence-electron chi connectivity index (χ0n) is 14.2. The third-order valence-corrected chi connectivity index (χ3v) is 4.90. The van der Waals surface area contributed by atoms with Crippen molar-refractivity contribution in [1.82, 2.24) is 15.0 Å². The maximum atomic E-state index is 5.94. The van der Waals surface area contributed by atoms with Gasteiger partial charge in [-0.1, -0.05) is 23.5 Å². The van der Waals surface area contributed by atoms with Crippen LogP contribution in [0.4, 0.5) is 16.8 Å². The minimum atomic E-state index is 0.492. The Hall–Kier alpha value is -2.55. The third-order valence-electron chi connectivity index (χ3n) is 3.68. The van der Waals surface area contributed by atoms with E-state index in [9.17, 15) is 0 Å². The quantitative estimate of drug-likeness (QED) is 0.461. The number of aryl methyl sites for hydroxylation is 1. The fraction of sp³-hybridized carbons (Fsp3) is 0.235. The van der Waals surface area contributed by atoms with E-state index >= 15 is 0 Å². The summed E-state index contributed by atoms with van der Waals surface area (Å²) in [5.74, 6) is 6.47. The van der Waals surface area contributed by atoms with Gasteiger partial charge in [0.25, 0.3) is 0 Å². The number of aromatic nitrogens is 3. The minimum absolute atomic E-state index is 0.492. The van der Waals surface area contributed by atoms with E-state index in [1.165, 1.54) is 11.3 Å². The highest BCUT2D eigenvalue weighted by Crippen LogP contribution is 2.33. The van der Waals surface area contributed by atoms with Crippen LogP contribution in [0.3, 0.4) is 0 Å². The number of hydrogen-bond acceptors (Lipinski definition) is 8. The van der Waals surface area contributed by atoms with Crippen LogP contribution in [-0.4, -0.2) is 21.5 Å². The molecule has 25 heavy (non-hydrogen) atoms. The van der Waals surface area contributed by atoms with E-state index in [0.29, 0.717) is 19.0 Å². The predicted octanol–water partition coefficient (Wildman–Crippen LogP) is 2.81. The van der Waals surface area contributed by atoms with E-state index < -0.39 is 0 Å². The van der Waals surface area contributed by atoms with Crippen LogP contribution in [0.5, 0.6) is 0 Å². The Morgan fingerprint density at radius 3 is 2.84 bits per heavy atom. The van der Waals surface area contributed by atoms with Crippen molar-refractivity contribution in [1.29, 1.82) is 0 Å². The van der Waals surface area contributed by atoms with Crippen LogP contribution in [0.2, 0.25) is 0 Å². The van der Waals surface area contributed by atoms with Gasteiger partial charge in [0.2, 0.25) is 5.95 Å². The molecule has 1 aromatic carbocycles. The van der Waals surface area contributed by atoms with E-state index in [4.69, 9.17) is 11.6 Å². The van der Waals surface area contributed by atoms with Crippen LogP contribution in [-0.2, 0) is 6.54 Å². The molecule has 2 aromatic heterocycles. The molecule has 0 fully saturated rings. The number of nitrogens with zero attached hydrogens (tertiary/aromatic N) is 4. The molecule has 0 atom stereocenters. The zero-order valence-corrected chi connectivity index (χ0v) is 15.0. The molecule has 0 bridgehead atoms. The average molecular weight is 355 g/mol. The molecule has 0 saturated carbocycles. The first-order valence-electron chi connectivity index (χ1n) is 7.99. The first-order chi connectivity index (χ1) is 12.1. The number of benzene rings is 1. The highest BCUT2D eigenvalue weighted by Gasteiger charge is 2.14. The summed E-state index contributed by atoms with van der Waals surface area (Å²) in [5.41, 5.74) is 9.36. The van der Waals surface area contributed by atoms with Gasteiger partial charge in [0.05, 0.1) is 16.3 Å². The summed E-state index contributed by atoms with van der Waals surface area (Å²) in [4.78, 5) is 14.4. The first-order valence-corrected chi connectivity index (χ1v) is 8.81. The van der Waals surface area contributed by atoms with Crippen LogP contribution < -0.4 is 21.9 Å². The SMILES string of the molecule is CCN(N)c1nc(C)c(-c2ccnc(Nc3cccc(CN)c3)n2)s1. The van der Waals surface area contributed by atoms with Crippen molar-refractivity contribution in [3.8, 4) is 10.6 Å². The van der Waals surface area contributed by atoms with Gasteiger partial charge in [-0.2, -0.15) is 0 Å². The maximum Gasteiger partial charge on any atom is 0.227 e. The van der Waals surface area contributed by atoms with Crippen molar-refractivity contribution in [3.05, 3.63) is 47.8 Å². The molecule has 0 aliphatic rings. The number of nitrogens with one attached hydrogen (secondary N) is 1. The van der Waals surface area contributed by atoms with Crippen molar-refractivity contribution in [2.45, 2.75) is 20.4 Å². The molecule has 0 aliphatic heterocycles. The Morgan fingerprint density at radius 1 is 1.24 bits per heavy atom. The molecule has 0 aliphatic carbocycles. The average Bonchev–Trinajstić information content (AvgIpc) is 3.03. The van der Waals surface area contributed by atoms with Crippen molar-refractivity contribution in [2.75, 3.05) is 16.9 Å². The highest BCUT2D eigenvalue weighted by atomic mass is 32.1. The summed E-state index contributed by atoms with van der Waals surface area (Å²) in [6, 6.07) is 9.75. The molecule has 2 heterocycles. The number of thiazole rings is 1. The Kier molecular flexibility index (Phi) is 5.22. The molecule has 3 aromatic rings. The lowest BCUT2D eigenvalue weighted by Gasteiger charge is -2.10. The van der Waals surface area contributed by atoms with Gasteiger partial charge in [0.1, 0.15) is 0 Å². The largest absolute Gasteiger partial charge is 0.326 e. The van der Waals surface area contributed by atoms with Crippen LogP contribution in [0.25, 0.3) is 10.6 Å². The van der Waals surface area contributed by atoms with E-state index in [1.54, 1.807) is 11.2 Å². The third kappa shape index (κ3) is 3.93. The van der Waals surface area contributed by atoms with Gasteiger partial charge in [0, 0.05) is 25.0 Å². The molecule has 0 saturated heterocycles. The summed E-state index contributed by atoms with van der Waals surface area (Å²) in [6.07, 6.45) is 1.73. The minimum Gasteiger partial charge on any atom is -0.326 e. The Morgan fingerprint density at radius 2 is 2.08 bits per heavy atom. The predicted molar refractivity (Wildman–Crippen MR) is 103 cm³/mol. The lowest BCUT2D eigenvalue weighted by Crippen LogP contribution is -2.29. The van der Waals surface area contributed by atoms with Crippen LogP contribution in [0, 0.1) is 6.92 Å².